The summed E-state index contributed by atoms with van der Waals surface area (Å²) in [7, 11) is 0. The van der Waals surface area contributed by atoms with Crippen molar-refractivity contribution in [1.82, 2.24) is 0 Å². The van der Waals surface area contributed by atoms with E-state index < -0.39 is 0 Å². The van der Waals surface area contributed by atoms with E-state index in [2.05, 4.69) is 31.4 Å². The van der Waals surface area contributed by atoms with Gasteiger partial charge in [0.05, 0.1) is 0 Å². The molecule has 0 N–H and O–H groups in total. The fraction of sp³-hybridized carbons (Fsp3) is 0.667. The Hall–Kier alpha value is -0.300. The van der Waals surface area contributed by atoms with Gasteiger partial charge in [0.15, 0.2) is 0 Å². The van der Waals surface area contributed by atoms with Crippen molar-refractivity contribution in [1.29, 1.82) is 0 Å². The number of unbranched alkanes of at least 4 members (excludes halogenated alkanes) is 2. The number of hydrogen-bond acceptors (Lipinski definition) is 1. The zero-order valence-corrected chi connectivity index (χ0v) is 9.57. The molecule has 0 radical (unpaired) electrons. The molecule has 0 nitrogen and oxygen atoms in total. The first-order valence-electron chi connectivity index (χ1n) is 5.41. The molecule has 0 aromatic carbocycles. The van der Waals surface area contributed by atoms with Crippen molar-refractivity contribution in [3.05, 3.63) is 22.4 Å². The lowest BCUT2D eigenvalue weighted by atomic mass is 9.97. The van der Waals surface area contributed by atoms with Crippen molar-refractivity contribution >= 4 is 11.3 Å². The normalized spacial score (nSPS) is 13.1. The van der Waals surface area contributed by atoms with Crippen LogP contribution in [0.15, 0.2) is 17.5 Å². The highest BCUT2D eigenvalue weighted by molar-refractivity contribution is 7.10. The van der Waals surface area contributed by atoms with Crippen LogP contribution in [0.4, 0.5) is 0 Å². The monoisotopic (exact) mass is 196 g/mol. The lowest BCUT2D eigenvalue weighted by Crippen LogP contribution is -1.94. The Morgan fingerprint density at radius 1 is 1.31 bits per heavy atom. The summed E-state index contributed by atoms with van der Waals surface area (Å²) in [4.78, 5) is 1.58. The quantitative estimate of drug-likeness (QED) is 0.572. The van der Waals surface area contributed by atoms with Crippen molar-refractivity contribution < 1.29 is 0 Å². The first-order chi connectivity index (χ1) is 6.38. The van der Waals surface area contributed by atoms with Gasteiger partial charge < -0.3 is 0 Å². The summed E-state index contributed by atoms with van der Waals surface area (Å²) < 4.78 is 0. The van der Waals surface area contributed by atoms with E-state index in [0.29, 0.717) is 0 Å². The first-order valence-corrected chi connectivity index (χ1v) is 6.29. The van der Waals surface area contributed by atoms with Gasteiger partial charge in [-0.1, -0.05) is 39.2 Å². The lowest BCUT2D eigenvalue weighted by molar-refractivity contribution is 0.560. The van der Waals surface area contributed by atoms with Crippen LogP contribution in [-0.2, 0) is 0 Å². The SMILES string of the molecule is CCCCCC(CC)c1cccs1. The molecule has 0 saturated heterocycles. The van der Waals surface area contributed by atoms with Crippen molar-refractivity contribution in [2.75, 3.05) is 0 Å². The van der Waals surface area contributed by atoms with Crippen molar-refractivity contribution in [2.24, 2.45) is 0 Å². The van der Waals surface area contributed by atoms with E-state index in [9.17, 15) is 0 Å². The summed E-state index contributed by atoms with van der Waals surface area (Å²) in [5.74, 6) is 0.826. The molecule has 1 rings (SSSR count). The van der Waals surface area contributed by atoms with Crippen LogP contribution >= 0.6 is 11.3 Å². The largest absolute Gasteiger partial charge is 0.149 e. The Balaban J connectivity index is 2.35. The minimum absolute atomic E-state index is 0.826. The average molecular weight is 196 g/mol. The molecule has 1 aromatic heterocycles. The van der Waals surface area contributed by atoms with Crippen LogP contribution in [0.2, 0.25) is 0 Å². The zero-order valence-electron chi connectivity index (χ0n) is 8.75. The van der Waals surface area contributed by atoms with Crippen LogP contribution in [0.1, 0.15) is 56.7 Å². The maximum Gasteiger partial charge on any atom is 0.00760 e. The molecule has 0 bridgehead atoms. The number of hydrogen-bond donors (Lipinski definition) is 0. The third-order valence-electron chi connectivity index (χ3n) is 2.59. The van der Waals surface area contributed by atoms with Crippen LogP contribution in [0.3, 0.4) is 0 Å². The fourth-order valence-corrected chi connectivity index (χ4v) is 2.66. The predicted molar refractivity (Wildman–Crippen MR) is 61.5 cm³/mol. The van der Waals surface area contributed by atoms with E-state index in [4.69, 9.17) is 0 Å². The average Bonchev–Trinajstić information content (AvgIpc) is 2.65. The van der Waals surface area contributed by atoms with E-state index in [-0.39, 0.29) is 0 Å². The van der Waals surface area contributed by atoms with Gasteiger partial charge in [-0.25, -0.2) is 0 Å². The molecule has 1 heteroatoms. The smallest absolute Gasteiger partial charge is 0.00760 e. The molecular weight excluding hydrogens is 176 g/mol. The Kier molecular flexibility index (Phi) is 5.14. The van der Waals surface area contributed by atoms with Crippen LogP contribution in [0, 0.1) is 0 Å². The second-order valence-electron chi connectivity index (χ2n) is 3.62. The Morgan fingerprint density at radius 2 is 2.15 bits per heavy atom. The molecule has 0 fully saturated rings. The molecule has 1 atom stereocenters. The van der Waals surface area contributed by atoms with Crippen LogP contribution in [0.5, 0.6) is 0 Å². The first kappa shape index (κ1) is 10.8. The minimum Gasteiger partial charge on any atom is -0.149 e. The fourth-order valence-electron chi connectivity index (χ4n) is 1.71. The molecule has 0 saturated carbocycles. The van der Waals surface area contributed by atoms with E-state index in [1.165, 1.54) is 32.1 Å². The van der Waals surface area contributed by atoms with Gasteiger partial charge in [-0.05, 0) is 30.2 Å². The topological polar surface area (TPSA) is 0 Å². The molecule has 0 amide bonds. The Labute approximate surface area is 86.0 Å². The van der Waals surface area contributed by atoms with E-state index in [0.717, 1.165) is 5.92 Å². The third kappa shape index (κ3) is 3.51. The molecule has 13 heavy (non-hydrogen) atoms. The second kappa shape index (κ2) is 6.20. The maximum atomic E-state index is 2.30. The Morgan fingerprint density at radius 3 is 2.69 bits per heavy atom. The van der Waals surface area contributed by atoms with Crippen molar-refractivity contribution in [3.8, 4) is 0 Å². The highest BCUT2D eigenvalue weighted by Crippen LogP contribution is 2.28. The zero-order chi connectivity index (χ0) is 9.52. The second-order valence-corrected chi connectivity index (χ2v) is 4.60. The summed E-state index contributed by atoms with van der Waals surface area (Å²) in [6, 6.07) is 4.45. The minimum atomic E-state index is 0.826. The standard InChI is InChI=1S/C12H20S/c1-3-5-6-8-11(4-2)12-9-7-10-13-12/h7,9-11H,3-6,8H2,1-2H3. The number of thiophene rings is 1. The molecule has 0 aliphatic carbocycles. The van der Waals surface area contributed by atoms with Gasteiger partial charge in [0.2, 0.25) is 0 Å². The van der Waals surface area contributed by atoms with E-state index >= 15 is 0 Å². The predicted octanol–water partition coefficient (Wildman–Crippen LogP) is 4.82. The van der Waals surface area contributed by atoms with E-state index in [1.54, 1.807) is 4.88 Å². The molecule has 74 valence electrons. The van der Waals surface area contributed by atoms with Gasteiger partial charge in [-0.3, -0.25) is 0 Å². The summed E-state index contributed by atoms with van der Waals surface area (Å²) in [6.45, 7) is 4.57. The lowest BCUT2D eigenvalue weighted by Gasteiger charge is -2.11. The molecule has 0 spiro atoms. The molecule has 1 heterocycles. The molecule has 0 aliphatic heterocycles. The highest BCUT2D eigenvalue weighted by atomic mass is 32.1. The van der Waals surface area contributed by atoms with Gasteiger partial charge >= 0.3 is 0 Å². The van der Waals surface area contributed by atoms with E-state index in [1.807, 2.05) is 11.3 Å². The van der Waals surface area contributed by atoms with Gasteiger partial charge in [-0.15, -0.1) is 11.3 Å². The maximum absolute atomic E-state index is 2.30. The van der Waals surface area contributed by atoms with Crippen molar-refractivity contribution in [3.63, 3.8) is 0 Å². The molecule has 0 aliphatic rings. The van der Waals surface area contributed by atoms with Crippen LogP contribution in [0.25, 0.3) is 0 Å². The van der Waals surface area contributed by atoms with Crippen LogP contribution < -0.4 is 0 Å². The summed E-state index contributed by atoms with van der Waals surface area (Å²) in [5.41, 5.74) is 0. The van der Waals surface area contributed by atoms with Gasteiger partial charge in [0.25, 0.3) is 0 Å². The van der Waals surface area contributed by atoms with Gasteiger partial charge in [0.1, 0.15) is 0 Å². The summed E-state index contributed by atoms with van der Waals surface area (Å²) in [6.07, 6.45) is 6.80. The van der Waals surface area contributed by atoms with Crippen molar-refractivity contribution in [2.45, 2.75) is 51.9 Å². The van der Waals surface area contributed by atoms with Crippen LogP contribution in [-0.4, -0.2) is 0 Å². The summed E-state index contributed by atoms with van der Waals surface area (Å²) in [5, 5.41) is 2.19. The molecular formula is C12H20S. The Bertz CT molecular complexity index is 201. The molecule has 1 aromatic rings. The molecule has 1 unspecified atom stereocenters. The number of rotatable bonds is 6. The summed E-state index contributed by atoms with van der Waals surface area (Å²) >= 11 is 1.91. The third-order valence-corrected chi connectivity index (χ3v) is 3.63. The van der Waals surface area contributed by atoms with Gasteiger partial charge in [-0.2, -0.15) is 0 Å². The highest BCUT2D eigenvalue weighted by Gasteiger charge is 2.08. The van der Waals surface area contributed by atoms with Gasteiger partial charge in [0, 0.05) is 4.88 Å².